The van der Waals surface area contributed by atoms with Gasteiger partial charge in [-0.05, 0) is 55.9 Å². The summed E-state index contributed by atoms with van der Waals surface area (Å²) >= 11 is 7.42. The molecule has 134 valence electrons. The van der Waals surface area contributed by atoms with Crippen LogP contribution in [0.3, 0.4) is 0 Å². The van der Waals surface area contributed by atoms with Crippen LogP contribution in [0.15, 0.2) is 52.3 Å². The van der Waals surface area contributed by atoms with Crippen molar-refractivity contribution in [3.05, 3.63) is 53.1 Å². The van der Waals surface area contributed by atoms with Gasteiger partial charge in [0.05, 0.1) is 5.56 Å². The maximum atomic E-state index is 12.3. The fraction of sp³-hybridized carbons (Fsp3) is 0.263. The Labute approximate surface area is 162 Å². The molecule has 0 spiro atoms. The van der Waals surface area contributed by atoms with Gasteiger partial charge in [-0.25, -0.2) is 4.79 Å². The van der Waals surface area contributed by atoms with E-state index in [1.54, 1.807) is 12.1 Å². The van der Waals surface area contributed by atoms with Crippen LogP contribution in [0.25, 0.3) is 0 Å². The summed E-state index contributed by atoms with van der Waals surface area (Å²) in [5.74, 6) is 0. The van der Waals surface area contributed by atoms with Gasteiger partial charge in [-0.15, -0.1) is 0 Å². The molecule has 1 aliphatic heterocycles. The average molecular weight is 387 g/mol. The number of hydrogen-bond acceptors (Lipinski definition) is 4. The molecule has 0 radical (unpaired) electrons. The van der Waals surface area contributed by atoms with Crippen LogP contribution in [0.2, 0.25) is 5.02 Å². The topological polar surface area (TPSA) is 68.2 Å². The molecule has 3 rings (SSSR count). The van der Waals surface area contributed by atoms with Crippen molar-refractivity contribution < 1.29 is 4.79 Å². The van der Waals surface area contributed by atoms with Crippen LogP contribution >= 0.6 is 23.4 Å². The molecule has 7 heteroatoms. The minimum atomic E-state index is -0.0763. The number of likely N-dealkylation sites (N-methyl/N-ethyl adjacent to an activating group) is 1. The minimum absolute atomic E-state index is 0.0763. The highest BCUT2D eigenvalue weighted by Crippen LogP contribution is 2.32. The second-order valence-corrected chi connectivity index (χ2v) is 7.58. The summed E-state index contributed by atoms with van der Waals surface area (Å²) < 4.78 is 0. The van der Waals surface area contributed by atoms with Gasteiger partial charge in [0.2, 0.25) is 0 Å². The number of nitrogens with one attached hydrogen (secondary N) is 2. The van der Waals surface area contributed by atoms with Crippen LogP contribution in [0.4, 0.5) is 10.5 Å². The van der Waals surface area contributed by atoms with Crippen LogP contribution in [0.1, 0.15) is 12.0 Å². The number of benzene rings is 2. The molecule has 2 aromatic carbocycles. The van der Waals surface area contributed by atoms with Gasteiger partial charge in [-0.3, -0.25) is 0 Å². The Morgan fingerprint density at radius 3 is 2.73 bits per heavy atom. The van der Waals surface area contributed by atoms with Crippen LogP contribution in [0.5, 0.6) is 0 Å². The van der Waals surface area contributed by atoms with Gasteiger partial charge in [-0.2, -0.15) is 5.26 Å². The summed E-state index contributed by atoms with van der Waals surface area (Å²) in [6.45, 7) is 1.49. The third-order valence-corrected chi connectivity index (χ3v) is 5.60. The third kappa shape index (κ3) is 4.50. The maximum absolute atomic E-state index is 12.3. The molecule has 2 amide bonds. The molecule has 2 aromatic rings. The van der Waals surface area contributed by atoms with Crippen molar-refractivity contribution in [2.45, 2.75) is 22.3 Å². The van der Waals surface area contributed by atoms with Crippen molar-refractivity contribution in [3.63, 3.8) is 0 Å². The highest BCUT2D eigenvalue weighted by Gasteiger charge is 2.24. The standard InChI is InChI=1S/C19H19ClN4OS/c1-22-16-8-9-24(12-16)19(25)23-15-3-5-17(6-4-15)26-18-7-2-14(20)10-13(18)11-21/h2-7,10,16,22H,8-9,12H2,1H3,(H,23,25). The molecule has 0 aliphatic carbocycles. The van der Waals surface area contributed by atoms with E-state index in [1.807, 2.05) is 42.3 Å². The van der Waals surface area contributed by atoms with Crippen LogP contribution in [0, 0.1) is 11.3 Å². The molecular formula is C19H19ClN4OS. The molecule has 1 unspecified atom stereocenters. The van der Waals surface area contributed by atoms with Gasteiger partial charge in [0.25, 0.3) is 0 Å². The van der Waals surface area contributed by atoms with E-state index >= 15 is 0 Å². The van der Waals surface area contributed by atoms with E-state index in [9.17, 15) is 10.1 Å². The lowest BCUT2D eigenvalue weighted by atomic mass is 10.2. The van der Waals surface area contributed by atoms with Crippen molar-refractivity contribution in [2.24, 2.45) is 0 Å². The molecule has 26 heavy (non-hydrogen) atoms. The lowest BCUT2D eigenvalue weighted by molar-refractivity contribution is 0.221. The number of hydrogen-bond donors (Lipinski definition) is 2. The zero-order valence-corrected chi connectivity index (χ0v) is 15.9. The summed E-state index contributed by atoms with van der Waals surface area (Å²) in [7, 11) is 1.92. The maximum Gasteiger partial charge on any atom is 0.321 e. The van der Waals surface area contributed by atoms with Crippen molar-refractivity contribution in [1.29, 1.82) is 5.26 Å². The summed E-state index contributed by atoms with van der Waals surface area (Å²) in [6.07, 6.45) is 0.974. The first-order valence-electron chi connectivity index (χ1n) is 8.30. The molecule has 1 atom stereocenters. The highest BCUT2D eigenvalue weighted by atomic mass is 35.5. The summed E-state index contributed by atoms with van der Waals surface area (Å²) in [5, 5.41) is 15.9. The van der Waals surface area contributed by atoms with Crippen molar-refractivity contribution in [1.82, 2.24) is 10.2 Å². The molecular weight excluding hydrogens is 368 g/mol. The first-order chi connectivity index (χ1) is 12.6. The first-order valence-corrected chi connectivity index (χ1v) is 9.49. The second kappa shape index (κ2) is 8.45. The summed E-state index contributed by atoms with van der Waals surface area (Å²) in [6, 6.07) is 15.3. The third-order valence-electron chi connectivity index (χ3n) is 4.28. The number of nitriles is 1. The Hall–Kier alpha value is -2.20. The predicted molar refractivity (Wildman–Crippen MR) is 105 cm³/mol. The van der Waals surface area contributed by atoms with Crippen molar-refractivity contribution in [3.8, 4) is 6.07 Å². The van der Waals surface area contributed by atoms with Gasteiger partial charge in [0, 0.05) is 39.6 Å². The molecule has 1 fully saturated rings. The first kappa shape index (κ1) is 18.6. The highest BCUT2D eigenvalue weighted by molar-refractivity contribution is 7.99. The van der Waals surface area contributed by atoms with Crippen LogP contribution < -0.4 is 10.6 Å². The lowest BCUT2D eigenvalue weighted by Gasteiger charge is -2.17. The van der Waals surface area contributed by atoms with E-state index in [1.165, 1.54) is 11.8 Å². The van der Waals surface area contributed by atoms with E-state index in [4.69, 9.17) is 11.6 Å². The van der Waals surface area contributed by atoms with Crippen molar-refractivity contribution in [2.75, 3.05) is 25.5 Å². The number of amides is 2. The number of urea groups is 1. The second-order valence-electron chi connectivity index (χ2n) is 6.03. The predicted octanol–water partition coefficient (Wildman–Crippen LogP) is 4.19. The van der Waals surface area contributed by atoms with E-state index < -0.39 is 0 Å². The molecule has 1 aliphatic rings. The quantitative estimate of drug-likeness (QED) is 0.826. The average Bonchev–Trinajstić information content (AvgIpc) is 3.14. The summed E-state index contributed by atoms with van der Waals surface area (Å²) in [5.41, 5.74) is 1.30. The zero-order valence-electron chi connectivity index (χ0n) is 14.3. The number of halogens is 1. The molecule has 1 saturated heterocycles. The Morgan fingerprint density at radius 2 is 2.08 bits per heavy atom. The number of carbonyl (C=O) groups excluding carboxylic acids is 1. The molecule has 1 heterocycles. The van der Waals surface area contributed by atoms with E-state index in [2.05, 4.69) is 16.7 Å². The van der Waals surface area contributed by atoms with Gasteiger partial charge >= 0.3 is 6.03 Å². The Balaban J connectivity index is 1.62. The largest absolute Gasteiger partial charge is 0.323 e. The summed E-state index contributed by atoms with van der Waals surface area (Å²) in [4.78, 5) is 16.0. The van der Waals surface area contributed by atoms with Gasteiger partial charge in [0.1, 0.15) is 6.07 Å². The minimum Gasteiger partial charge on any atom is -0.323 e. The number of anilines is 1. The Morgan fingerprint density at radius 1 is 1.31 bits per heavy atom. The smallest absolute Gasteiger partial charge is 0.321 e. The number of rotatable bonds is 4. The Bertz CT molecular complexity index is 834. The van der Waals surface area contributed by atoms with E-state index in [0.717, 1.165) is 35.0 Å². The van der Waals surface area contributed by atoms with Gasteiger partial charge < -0.3 is 15.5 Å². The fourth-order valence-electron chi connectivity index (χ4n) is 2.79. The SMILES string of the molecule is CNC1CCN(C(=O)Nc2ccc(Sc3ccc(Cl)cc3C#N)cc2)C1. The van der Waals surface area contributed by atoms with Crippen molar-refractivity contribution >= 4 is 35.1 Å². The van der Waals surface area contributed by atoms with Gasteiger partial charge in [-0.1, -0.05) is 23.4 Å². The number of likely N-dealkylation sites (tertiary alicyclic amines) is 1. The molecule has 0 saturated carbocycles. The molecule has 0 bridgehead atoms. The van der Waals surface area contributed by atoms with Gasteiger partial charge in [0.15, 0.2) is 0 Å². The molecule has 0 aromatic heterocycles. The molecule has 2 N–H and O–H groups in total. The van der Waals surface area contributed by atoms with E-state index in [-0.39, 0.29) is 6.03 Å². The number of nitrogens with zero attached hydrogens (tertiary/aromatic N) is 2. The Kier molecular flexibility index (Phi) is 6.04. The fourth-order valence-corrected chi connectivity index (χ4v) is 3.84. The van der Waals surface area contributed by atoms with Crippen LogP contribution in [-0.4, -0.2) is 37.1 Å². The van der Waals surface area contributed by atoms with E-state index in [0.29, 0.717) is 16.6 Å². The lowest BCUT2D eigenvalue weighted by Crippen LogP contribution is -2.36. The monoisotopic (exact) mass is 386 g/mol. The molecule has 5 nitrogen and oxygen atoms in total. The normalized spacial score (nSPS) is 16.3. The zero-order chi connectivity index (χ0) is 18.5. The number of carbonyl (C=O) groups is 1. The van der Waals surface area contributed by atoms with Crippen LogP contribution in [-0.2, 0) is 0 Å².